The summed E-state index contributed by atoms with van der Waals surface area (Å²) in [6.07, 6.45) is 2.36. The molecule has 0 aliphatic carbocycles. The fraction of sp³-hybridized carbons (Fsp3) is 0.625. The van der Waals surface area contributed by atoms with Crippen LogP contribution in [0.2, 0.25) is 0 Å². The van der Waals surface area contributed by atoms with E-state index in [0.717, 1.165) is 23.6 Å². The standard InChI is InChI=1S/C16H28N2O2/c1-5-12(6-2)11-18-15(10-17)14-8-7-13(19-3)9-16(14)20-4/h7-9,12,15,18H,5-6,10-11,17H2,1-4H3. The second-order valence-electron chi connectivity index (χ2n) is 4.99. The SMILES string of the molecule is CCC(CC)CNC(CN)c1ccc(OC)cc1OC. The van der Waals surface area contributed by atoms with E-state index >= 15 is 0 Å². The Labute approximate surface area is 122 Å². The first kappa shape index (κ1) is 16.8. The number of nitrogens with two attached hydrogens (primary N) is 1. The molecule has 1 atom stereocenters. The molecule has 3 N–H and O–H groups in total. The van der Waals surface area contributed by atoms with E-state index < -0.39 is 0 Å². The van der Waals surface area contributed by atoms with E-state index in [4.69, 9.17) is 15.2 Å². The second kappa shape index (κ2) is 8.82. The van der Waals surface area contributed by atoms with Gasteiger partial charge < -0.3 is 20.5 Å². The summed E-state index contributed by atoms with van der Waals surface area (Å²) >= 11 is 0. The fourth-order valence-electron chi connectivity index (χ4n) is 2.31. The molecule has 1 unspecified atom stereocenters. The Hall–Kier alpha value is -1.26. The molecule has 1 rings (SSSR count). The molecule has 0 aliphatic heterocycles. The second-order valence-corrected chi connectivity index (χ2v) is 4.99. The lowest BCUT2D eigenvalue weighted by atomic mass is 10.0. The molecule has 0 bridgehead atoms. The van der Waals surface area contributed by atoms with Gasteiger partial charge in [-0.15, -0.1) is 0 Å². The maximum absolute atomic E-state index is 5.92. The summed E-state index contributed by atoms with van der Waals surface area (Å²) in [5, 5.41) is 3.55. The van der Waals surface area contributed by atoms with Crippen LogP contribution in [0.25, 0.3) is 0 Å². The third-order valence-electron chi connectivity index (χ3n) is 3.86. The zero-order valence-electron chi connectivity index (χ0n) is 13.1. The van der Waals surface area contributed by atoms with Crippen LogP contribution in [-0.4, -0.2) is 27.3 Å². The molecule has 0 spiro atoms. The van der Waals surface area contributed by atoms with Gasteiger partial charge in [-0.25, -0.2) is 0 Å². The van der Waals surface area contributed by atoms with Crippen LogP contribution in [0.5, 0.6) is 11.5 Å². The molecule has 0 amide bonds. The molecule has 0 saturated heterocycles. The van der Waals surface area contributed by atoms with Gasteiger partial charge in [0.2, 0.25) is 0 Å². The van der Waals surface area contributed by atoms with Crippen molar-refractivity contribution in [3.05, 3.63) is 23.8 Å². The van der Waals surface area contributed by atoms with Gasteiger partial charge >= 0.3 is 0 Å². The highest BCUT2D eigenvalue weighted by Crippen LogP contribution is 2.29. The summed E-state index contributed by atoms with van der Waals surface area (Å²) in [6, 6.07) is 5.97. The van der Waals surface area contributed by atoms with E-state index in [0.29, 0.717) is 12.5 Å². The highest BCUT2D eigenvalue weighted by Gasteiger charge is 2.16. The Morgan fingerprint density at radius 1 is 1.15 bits per heavy atom. The predicted molar refractivity (Wildman–Crippen MR) is 83.4 cm³/mol. The maximum atomic E-state index is 5.92. The molecule has 114 valence electrons. The molecule has 0 fully saturated rings. The quantitative estimate of drug-likeness (QED) is 0.730. The molecule has 0 aliphatic rings. The monoisotopic (exact) mass is 280 g/mol. The Morgan fingerprint density at radius 3 is 2.35 bits per heavy atom. The van der Waals surface area contributed by atoms with Crippen molar-refractivity contribution in [2.24, 2.45) is 11.7 Å². The third kappa shape index (κ3) is 4.39. The number of methoxy groups -OCH3 is 2. The van der Waals surface area contributed by atoms with E-state index in [2.05, 4.69) is 19.2 Å². The molecule has 4 nitrogen and oxygen atoms in total. The average Bonchev–Trinajstić information content (AvgIpc) is 2.51. The van der Waals surface area contributed by atoms with Crippen molar-refractivity contribution in [3.8, 4) is 11.5 Å². The fourth-order valence-corrected chi connectivity index (χ4v) is 2.31. The summed E-state index contributed by atoms with van der Waals surface area (Å²) in [7, 11) is 3.33. The number of hydrogen-bond donors (Lipinski definition) is 2. The Kier molecular flexibility index (Phi) is 7.41. The van der Waals surface area contributed by atoms with Crippen LogP contribution in [0.15, 0.2) is 18.2 Å². The molecule has 0 saturated carbocycles. The predicted octanol–water partition coefficient (Wildman–Crippen LogP) is 2.73. The lowest BCUT2D eigenvalue weighted by Gasteiger charge is -2.23. The van der Waals surface area contributed by atoms with Gasteiger partial charge in [0.15, 0.2) is 0 Å². The van der Waals surface area contributed by atoms with Gasteiger partial charge in [0.25, 0.3) is 0 Å². The Morgan fingerprint density at radius 2 is 1.85 bits per heavy atom. The van der Waals surface area contributed by atoms with Crippen molar-refractivity contribution >= 4 is 0 Å². The van der Waals surface area contributed by atoms with Gasteiger partial charge in [-0.1, -0.05) is 32.8 Å². The molecule has 1 aromatic carbocycles. The van der Waals surface area contributed by atoms with Crippen molar-refractivity contribution in [1.29, 1.82) is 0 Å². The first-order valence-corrected chi connectivity index (χ1v) is 7.35. The zero-order chi connectivity index (χ0) is 15.0. The minimum atomic E-state index is 0.108. The van der Waals surface area contributed by atoms with Crippen LogP contribution in [0, 0.1) is 5.92 Å². The van der Waals surface area contributed by atoms with E-state index in [1.54, 1.807) is 14.2 Å². The minimum absolute atomic E-state index is 0.108. The topological polar surface area (TPSA) is 56.5 Å². The van der Waals surface area contributed by atoms with Gasteiger partial charge in [0, 0.05) is 24.2 Å². The number of benzene rings is 1. The zero-order valence-corrected chi connectivity index (χ0v) is 13.1. The number of ether oxygens (including phenoxy) is 2. The Balaban J connectivity index is 2.83. The van der Waals surface area contributed by atoms with Crippen molar-refractivity contribution < 1.29 is 9.47 Å². The van der Waals surface area contributed by atoms with Crippen LogP contribution in [0.3, 0.4) is 0 Å². The Bertz CT molecular complexity index is 392. The van der Waals surface area contributed by atoms with E-state index in [1.165, 1.54) is 12.8 Å². The summed E-state index contributed by atoms with van der Waals surface area (Å²) in [5.74, 6) is 2.30. The summed E-state index contributed by atoms with van der Waals surface area (Å²) in [5.41, 5.74) is 7.00. The molecule has 20 heavy (non-hydrogen) atoms. The first-order chi connectivity index (χ1) is 9.69. The number of rotatable bonds is 9. The van der Waals surface area contributed by atoms with Gasteiger partial charge in [-0.2, -0.15) is 0 Å². The molecular formula is C16H28N2O2. The third-order valence-corrected chi connectivity index (χ3v) is 3.86. The molecule has 0 aromatic heterocycles. The average molecular weight is 280 g/mol. The van der Waals surface area contributed by atoms with Crippen LogP contribution >= 0.6 is 0 Å². The normalized spacial score (nSPS) is 12.5. The molecule has 4 heteroatoms. The van der Waals surface area contributed by atoms with E-state index in [1.807, 2.05) is 18.2 Å². The van der Waals surface area contributed by atoms with E-state index in [9.17, 15) is 0 Å². The van der Waals surface area contributed by atoms with Gasteiger partial charge in [0.1, 0.15) is 11.5 Å². The highest BCUT2D eigenvalue weighted by molar-refractivity contribution is 5.42. The van der Waals surface area contributed by atoms with Crippen molar-refractivity contribution in [1.82, 2.24) is 5.32 Å². The van der Waals surface area contributed by atoms with Crippen LogP contribution < -0.4 is 20.5 Å². The highest BCUT2D eigenvalue weighted by atomic mass is 16.5. The summed E-state index contributed by atoms with van der Waals surface area (Å²) in [4.78, 5) is 0. The maximum Gasteiger partial charge on any atom is 0.127 e. The number of hydrogen-bond acceptors (Lipinski definition) is 4. The van der Waals surface area contributed by atoms with Crippen molar-refractivity contribution in [3.63, 3.8) is 0 Å². The minimum Gasteiger partial charge on any atom is -0.497 e. The smallest absolute Gasteiger partial charge is 0.127 e. The van der Waals surface area contributed by atoms with Gasteiger partial charge in [-0.05, 0) is 18.5 Å². The van der Waals surface area contributed by atoms with Gasteiger partial charge in [-0.3, -0.25) is 0 Å². The summed E-state index contributed by atoms with van der Waals surface area (Å²) < 4.78 is 10.7. The van der Waals surface area contributed by atoms with Crippen LogP contribution in [0.4, 0.5) is 0 Å². The largest absolute Gasteiger partial charge is 0.497 e. The molecule has 1 aromatic rings. The first-order valence-electron chi connectivity index (χ1n) is 7.35. The lowest BCUT2D eigenvalue weighted by molar-refractivity contribution is 0.375. The molecular weight excluding hydrogens is 252 g/mol. The lowest BCUT2D eigenvalue weighted by Crippen LogP contribution is -2.32. The van der Waals surface area contributed by atoms with Gasteiger partial charge in [0.05, 0.1) is 14.2 Å². The van der Waals surface area contributed by atoms with Crippen molar-refractivity contribution in [2.45, 2.75) is 32.7 Å². The molecule has 0 radical (unpaired) electrons. The van der Waals surface area contributed by atoms with E-state index in [-0.39, 0.29) is 6.04 Å². The van der Waals surface area contributed by atoms with Crippen LogP contribution in [0.1, 0.15) is 38.3 Å². The van der Waals surface area contributed by atoms with Crippen LogP contribution in [-0.2, 0) is 0 Å². The summed E-state index contributed by atoms with van der Waals surface area (Å²) in [6.45, 7) is 5.97. The molecule has 0 heterocycles. The van der Waals surface area contributed by atoms with Crippen molar-refractivity contribution in [2.75, 3.05) is 27.3 Å². The number of nitrogens with one attached hydrogen (secondary N) is 1.